The second kappa shape index (κ2) is 8.79. The number of para-hydroxylation sites is 2. The number of hydrogen-bond donors (Lipinski definition) is 1. The standard InChI is InChI=1S/C18H30N4/c1-4-7-10-14-22-17-12-9-8-11-16(17)20-18(22)19-13-15-21(5-2)6-3/h8-9,11-12H,4-7,10,13-15H2,1-3H3,(H,19,20). The van der Waals surface area contributed by atoms with Gasteiger partial charge < -0.3 is 14.8 Å². The van der Waals surface area contributed by atoms with Crippen molar-refractivity contribution in [2.45, 2.75) is 46.6 Å². The van der Waals surface area contributed by atoms with Gasteiger partial charge in [-0.05, 0) is 31.6 Å². The molecule has 0 saturated carbocycles. The molecule has 0 unspecified atom stereocenters. The number of likely N-dealkylation sites (N-methyl/N-ethyl adjacent to an activating group) is 1. The molecule has 122 valence electrons. The minimum absolute atomic E-state index is 0.943. The van der Waals surface area contributed by atoms with Crippen LogP contribution in [0.25, 0.3) is 11.0 Å². The second-order valence-electron chi connectivity index (χ2n) is 5.74. The monoisotopic (exact) mass is 302 g/mol. The predicted octanol–water partition coefficient (Wildman–Crippen LogP) is 3.98. The first kappa shape index (κ1) is 16.8. The summed E-state index contributed by atoms with van der Waals surface area (Å²) in [6.45, 7) is 11.9. The Kier molecular flexibility index (Phi) is 6.72. The summed E-state index contributed by atoms with van der Waals surface area (Å²) < 4.78 is 2.34. The highest BCUT2D eigenvalue weighted by Crippen LogP contribution is 2.20. The Hall–Kier alpha value is -1.55. The Morgan fingerprint density at radius 1 is 1.09 bits per heavy atom. The molecule has 0 aliphatic rings. The highest BCUT2D eigenvalue weighted by molar-refractivity contribution is 5.78. The number of aromatic nitrogens is 2. The van der Waals surface area contributed by atoms with Gasteiger partial charge in [0.2, 0.25) is 5.95 Å². The number of benzene rings is 1. The van der Waals surface area contributed by atoms with E-state index in [1.807, 2.05) is 0 Å². The van der Waals surface area contributed by atoms with Gasteiger partial charge in [0.05, 0.1) is 11.0 Å². The van der Waals surface area contributed by atoms with E-state index in [-0.39, 0.29) is 0 Å². The molecule has 0 radical (unpaired) electrons. The zero-order chi connectivity index (χ0) is 15.8. The van der Waals surface area contributed by atoms with Crippen LogP contribution < -0.4 is 5.32 Å². The quantitative estimate of drug-likeness (QED) is 0.674. The van der Waals surface area contributed by atoms with Gasteiger partial charge in [0.15, 0.2) is 0 Å². The largest absolute Gasteiger partial charge is 0.354 e. The van der Waals surface area contributed by atoms with Gasteiger partial charge in [-0.25, -0.2) is 4.98 Å². The summed E-state index contributed by atoms with van der Waals surface area (Å²) in [6.07, 6.45) is 3.73. The van der Waals surface area contributed by atoms with Crippen molar-refractivity contribution >= 4 is 17.0 Å². The molecule has 1 heterocycles. The van der Waals surface area contributed by atoms with Crippen LogP contribution >= 0.6 is 0 Å². The first-order chi connectivity index (χ1) is 10.8. The van der Waals surface area contributed by atoms with E-state index in [0.29, 0.717) is 0 Å². The Bertz CT molecular complexity index is 557. The molecule has 1 aromatic heterocycles. The third kappa shape index (κ3) is 4.23. The maximum absolute atomic E-state index is 4.77. The van der Waals surface area contributed by atoms with Crippen molar-refractivity contribution in [3.8, 4) is 0 Å². The van der Waals surface area contributed by atoms with Crippen LogP contribution in [0.1, 0.15) is 40.0 Å². The van der Waals surface area contributed by atoms with Crippen LogP contribution in [0.5, 0.6) is 0 Å². The number of nitrogens with zero attached hydrogens (tertiary/aromatic N) is 3. The Balaban J connectivity index is 2.08. The average molecular weight is 302 g/mol. The zero-order valence-electron chi connectivity index (χ0n) is 14.3. The van der Waals surface area contributed by atoms with Gasteiger partial charge in [-0.3, -0.25) is 0 Å². The highest BCUT2D eigenvalue weighted by Gasteiger charge is 2.09. The smallest absolute Gasteiger partial charge is 0.203 e. The van der Waals surface area contributed by atoms with Crippen LogP contribution in [0.4, 0.5) is 5.95 Å². The summed E-state index contributed by atoms with van der Waals surface area (Å²) in [5, 5.41) is 3.54. The lowest BCUT2D eigenvalue weighted by Gasteiger charge is -2.18. The molecule has 0 fully saturated rings. The number of imidazole rings is 1. The second-order valence-corrected chi connectivity index (χ2v) is 5.74. The van der Waals surface area contributed by atoms with Gasteiger partial charge in [0, 0.05) is 19.6 Å². The van der Waals surface area contributed by atoms with E-state index >= 15 is 0 Å². The normalized spacial score (nSPS) is 11.5. The minimum atomic E-state index is 0.943. The van der Waals surface area contributed by atoms with Gasteiger partial charge in [0.1, 0.15) is 0 Å². The molecule has 0 spiro atoms. The summed E-state index contributed by atoms with van der Waals surface area (Å²) in [5.41, 5.74) is 2.33. The molecule has 2 aromatic rings. The summed E-state index contributed by atoms with van der Waals surface area (Å²) >= 11 is 0. The molecule has 2 rings (SSSR count). The van der Waals surface area contributed by atoms with Crippen LogP contribution in [0.2, 0.25) is 0 Å². The molecule has 0 aliphatic heterocycles. The molecule has 0 atom stereocenters. The van der Waals surface area contributed by atoms with Crippen molar-refractivity contribution in [3.05, 3.63) is 24.3 Å². The van der Waals surface area contributed by atoms with Crippen LogP contribution in [-0.2, 0) is 6.54 Å². The van der Waals surface area contributed by atoms with Crippen molar-refractivity contribution in [1.29, 1.82) is 0 Å². The summed E-state index contributed by atoms with van der Waals surface area (Å²) in [7, 11) is 0. The molecular formula is C18H30N4. The van der Waals surface area contributed by atoms with Crippen molar-refractivity contribution in [2.24, 2.45) is 0 Å². The van der Waals surface area contributed by atoms with Crippen molar-refractivity contribution in [3.63, 3.8) is 0 Å². The molecule has 0 saturated heterocycles. The number of nitrogens with one attached hydrogen (secondary N) is 1. The van der Waals surface area contributed by atoms with Gasteiger partial charge in [0.25, 0.3) is 0 Å². The summed E-state index contributed by atoms with van der Waals surface area (Å²) in [5.74, 6) is 1.02. The lowest BCUT2D eigenvalue weighted by atomic mass is 10.2. The molecule has 1 N–H and O–H groups in total. The number of hydrogen-bond acceptors (Lipinski definition) is 3. The van der Waals surface area contributed by atoms with E-state index in [1.165, 1.54) is 24.8 Å². The Morgan fingerprint density at radius 2 is 1.86 bits per heavy atom. The predicted molar refractivity (Wildman–Crippen MR) is 95.5 cm³/mol. The van der Waals surface area contributed by atoms with E-state index < -0.39 is 0 Å². The molecule has 1 aromatic carbocycles. The average Bonchev–Trinajstić information content (AvgIpc) is 2.90. The fraction of sp³-hybridized carbons (Fsp3) is 0.611. The van der Waals surface area contributed by atoms with Gasteiger partial charge in [-0.15, -0.1) is 0 Å². The minimum Gasteiger partial charge on any atom is -0.354 e. The highest BCUT2D eigenvalue weighted by atomic mass is 15.2. The third-order valence-electron chi connectivity index (χ3n) is 4.25. The first-order valence-electron chi connectivity index (χ1n) is 8.71. The number of rotatable bonds is 10. The number of fused-ring (bicyclic) bond motifs is 1. The third-order valence-corrected chi connectivity index (χ3v) is 4.25. The summed E-state index contributed by atoms with van der Waals surface area (Å²) in [6, 6.07) is 8.43. The Morgan fingerprint density at radius 3 is 2.59 bits per heavy atom. The first-order valence-corrected chi connectivity index (χ1v) is 8.71. The summed E-state index contributed by atoms with van der Waals surface area (Å²) in [4.78, 5) is 7.20. The molecular weight excluding hydrogens is 272 g/mol. The zero-order valence-corrected chi connectivity index (χ0v) is 14.3. The lowest BCUT2D eigenvalue weighted by molar-refractivity contribution is 0.315. The topological polar surface area (TPSA) is 33.1 Å². The van der Waals surface area contributed by atoms with E-state index in [0.717, 1.165) is 44.2 Å². The van der Waals surface area contributed by atoms with E-state index in [9.17, 15) is 0 Å². The Labute approximate surface area is 134 Å². The molecule has 22 heavy (non-hydrogen) atoms. The van der Waals surface area contributed by atoms with Crippen LogP contribution in [-0.4, -0.2) is 40.6 Å². The van der Waals surface area contributed by atoms with Crippen molar-refractivity contribution < 1.29 is 0 Å². The van der Waals surface area contributed by atoms with Crippen molar-refractivity contribution in [1.82, 2.24) is 14.5 Å². The SMILES string of the molecule is CCCCCn1c(NCCN(CC)CC)nc2ccccc21. The molecule has 0 amide bonds. The van der Waals surface area contributed by atoms with Gasteiger partial charge in [-0.1, -0.05) is 45.7 Å². The van der Waals surface area contributed by atoms with Crippen LogP contribution in [0.15, 0.2) is 24.3 Å². The van der Waals surface area contributed by atoms with Crippen LogP contribution in [0, 0.1) is 0 Å². The lowest BCUT2D eigenvalue weighted by Crippen LogP contribution is -2.29. The molecule has 4 heteroatoms. The maximum Gasteiger partial charge on any atom is 0.203 e. The van der Waals surface area contributed by atoms with Crippen molar-refractivity contribution in [2.75, 3.05) is 31.5 Å². The van der Waals surface area contributed by atoms with E-state index in [2.05, 4.69) is 59.8 Å². The fourth-order valence-electron chi connectivity index (χ4n) is 2.82. The maximum atomic E-state index is 4.77. The fourth-order valence-corrected chi connectivity index (χ4v) is 2.82. The van der Waals surface area contributed by atoms with Gasteiger partial charge >= 0.3 is 0 Å². The van der Waals surface area contributed by atoms with Crippen LogP contribution in [0.3, 0.4) is 0 Å². The number of aryl methyl sites for hydroxylation is 1. The molecule has 4 nitrogen and oxygen atoms in total. The molecule has 0 aliphatic carbocycles. The van der Waals surface area contributed by atoms with E-state index in [1.54, 1.807) is 0 Å². The number of anilines is 1. The molecule has 0 bridgehead atoms. The number of unbranched alkanes of at least 4 members (excludes halogenated alkanes) is 2. The van der Waals surface area contributed by atoms with E-state index in [4.69, 9.17) is 4.98 Å². The van der Waals surface area contributed by atoms with Gasteiger partial charge in [-0.2, -0.15) is 0 Å².